The van der Waals surface area contributed by atoms with Gasteiger partial charge in [0.15, 0.2) is 0 Å². The summed E-state index contributed by atoms with van der Waals surface area (Å²) in [7, 11) is 0. The first-order valence-corrected chi connectivity index (χ1v) is 5.83. The van der Waals surface area contributed by atoms with E-state index in [0.29, 0.717) is 0 Å². The lowest BCUT2D eigenvalue weighted by atomic mass is 9.84. The van der Waals surface area contributed by atoms with Crippen LogP contribution in [0.2, 0.25) is 0 Å². The van der Waals surface area contributed by atoms with Crippen molar-refractivity contribution >= 4 is 11.1 Å². The minimum Gasteiger partial charge on any atom is -0.0801 e. The second kappa shape index (κ2) is 2.85. The molecule has 3 aliphatic rings. The second-order valence-electron chi connectivity index (χ2n) is 4.61. The maximum Gasteiger partial charge on any atom is -0.000729 e. The van der Waals surface area contributed by atoms with E-state index in [4.69, 9.17) is 0 Å². The molecule has 0 heteroatoms. The average molecular weight is 204 g/mol. The molecule has 16 heavy (non-hydrogen) atoms. The summed E-state index contributed by atoms with van der Waals surface area (Å²) < 4.78 is 0. The van der Waals surface area contributed by atoms with Gasteiger partial charge in [-0.25, -0.2) is 0 Å². The van der Waals surface area contributed by atoms with Gasteiger partial charge in [0.2, 0.25) is 0 Å². The molecule has 0 aromatic heterocycles. The summed E-state index contributed by atoms with van der Waals surface area (Å²) in [6.45, 7) is 0. The van der Waals surface area contributed by atoms with Crippen molar-refractivity contribution in [1.82, 2.24) is 0 Å². The third kappa shape index (κ3) is 0.943. The normalized spacial score (nSPS) is 20.2. The van der Waals surface area contributed by atoms with E-state index in [0.717, 1.165) is 12.8 Å². The second-order valence-corrected chi connectivity index (χ2v) is 4.61. The van der Waals surface area contributed by atoms with E-state index in [9.17, 15) is 0 Å². The molecule has 0 saturated heterocycles. The molecule has 76 valence electrons. The SMILES string of the molecule is C1=CCC2=CC3=c4ccccc4=C(C3)C2=C1. The van der Waals surface area contributed by atoms with Crippen molar-refractivity contribution in [2.75, 3.05) is 0 Å². The number of fused-ring (bicyclic) bond motifs is 5. The Morgan fingerprint density at radius 1 is 1.00 bits per heavy atom. The van der Waals surface area contributed by atoms with E-state index >= 15 is 0 Å². The summed E-state index contributed by atoms with van der Waals surface area (Å²) in [5, 5.41) is 2.89. The lowest BCUT2D eigenvalue weighted by molar-refractivity contribution is 1.18. The Labute approximate surface area is 94.6 Å². The Balaban J connectivity index is 2.19. The smallest absolute Gasteiger partial charge is 0.000729 e. The van der Waals surface area contributed by atoms with Crippen molar-refractivity contribution < 1.29 is 0 Å². The third-order valence-corrected chi connectivity index (χ3v) is 3.72. The van der Waals surface area contributed by atoms with Gasteiger partial charge in [-0.2, -0.15) is 0 Å². The summed E-state index contributed by atoms with van der Waals surface area (Å²) in [5.74, 6) is 0. The zero-order chi connectivity index (χ0) is 10.5. The van der Waals surface area contributed by atoms with Crippen LogP contribution >= 0.6 is 0 Å². The van der Waals surface area contributed by atoms with Gasteiger partial charge in [0.25, 0.3) is 0 Å². The van der Waals surface area contributed by atoms with Gasteiger partial charge in [-0.3, -0.25) is 0 Å². The van der Waals surface area contributed by atoms with E-state index in [1.807, 2.05) is 0 Å². The van der Waals surface area contributed by atoms with Gasteiger partial charge in [-0.1, -0.05) is 48.6 Å². The Bertz CT molecular complexity index is 694. The Kier molecular flexibility index (Phi) is 1.49. The highest BCUT2D eigenvalue weighted by Gasteiger charge is 2.23. The monoisotopic (exact) mass is 204 g/mol. The number of rotatable bonds is 0. The minimum atomic E-state index is 1.09. The van der Waals surface area contributed by atoms with E-state index in [-0.39, 0.29) is 0 Å². The summed E-state index contributed by atoms with van der Waals surface area (Å²) in [6.07, 6.45) is 11.3. The van der Waals surface area contributed by atoms with Crippen molar-refractivity contribution in [3.63, 3.8) is 0 Å². The van der Waals surface area contributed by atoms with Crippen molar-refractivity contribution in [3.05, 3.63) is 70.2 Å². The third-order valence-electron chi connectivity index (χ3n) is 3.72. The molecule has 0 aliphatic heterocycles. The van der Waals surface area contributed by atoms with Gasteiger partial charge in [0.05, 0.1) is 0 Å². The average Bonchev–Trinajstić information content (AvgIpc) is 2.65. The van der Waals surface area contributed by atoms with Crippen LogP contribution in [0.3, 0.4) is 0 Å². The molecule has 0 N–H and O–H groups in total. The van der Waals surface area contributed by atoms with Gasteiger partial charge in [0, 0.05) is 0 Å². The first-order valence-electron chi connectivity index (χ1n) is 5.83. The predicted octanol–water partition coefficient (Wildman–Crippen LogP) is 2.22. The molecule has 0 unspecified atom stereocenters. The molecule has 4 rings (SSSR count). The van der Waals surface area contributed by atoms with Gasteiger partial charge in [0.1, 0.15) is 0 Å². The van der Waals surface area contributed by atoms with Gasteiger partial charge in [-0.05, 0) is 45.6 Å². The molecule has 1 aromatic carbocycles. The molecule has 0 fully saturated rings. The van der Waals surface area contributed by atoms with Crippen LogP contribution in [0.1, 0.15) is 12.8 Å². The van der Waals surface area contributed by atoms with Crippen molar-refractivity contribution in [1.29, 1.82) is 0 Å². The molecule has 0 spiro atoms. The van der Waals surface area contributed by atoms with Crippen molar-refractivity contribution in [2.24, 2.45) is 0 Å². The van der Waals surface area contributed by atoms with Crippen LogP contribution in [0.25, 0.3) is 11.1 Å². The maximum atomic E-state index is 2.39. The van der Waals surface area contributed by atoms with Crippen LogP contribution in [0.15, 0.2) is 59.7 Å². The van der Waals surface area contributed by atoms with Crippen LogP contribution in [0, 0.1) is 0 Å². The molecule has 0 heterocycles. The van der Waals surface area contributed by atoms with Crippen LogP contribution in [0.5, 0.6) is 0 Å². The number of hydrogen-bond donors (Lipinski definition) is 0. The van der Waals surface area contributed by atoms with Gasteiger partial charge in [-0.15, -0.1) is 0 Å². The van der Waals surface area contributed by atoms with E-state index in [1.54, 1.807) is 0 Å². The van der Waals surface area contributed by atoms with E-state index < -0.39 is 0 Å². The zero-order valence-corrected chi connectivity index (χ0v) is 9.03. The molecule has 2 bridgehead atoms. The highest BCUT2D eigenvalue weighted by Crippen LogP contribution is 2.37. The van der Waals surface area contributed by atoms with Crippen LogP contribution in [-0.2, 0) is 0 Å². The van der Waals surface area contributed by atoms with Gasteiger partial charge < -0.3 is 0 Å². The predicted molar refractivity (Wildman–Crippen MR) is 67.0 cm³/mol. The van der Waals surface area contributed by atoms with Gasteiger partial charge >= 0.3 is 0 Å². The number of allylic oxidation sites excluding steroid dienone is 6. The fourth-order valence-electron chi connectivity index (χ4n) is 2.99. The summed E-state index contributed by atoms with van der Waals surface area (Å²) in [4.78, 5) is 0. The molecule has 0 saturated carbocycles. The highest BCUT2D eigenvalue weighted by molar-refractivity contribution is 5.89. The Hall–Kier alpha value is -1.82. The Morgan fingerprint density at radius 3 is 2.81 bits per heavy atom. The maximum absolute atomic E-state index is 2.39. The molecule has 3 aliphatic carbocycles. The standard InChI is InChI=1S/C16H12/c1-2-6-13-11(5-1)9-12-10-16(13)15-8-4-3-7-14(12)15/h1-4,6-9H,5,10H2. The van der Waals surface area contributed by atoms with E-state index in [2.05, 4.69) is 48.6 Å². The largest absolute Gasteiger partial charge is 0.0801 e. The molecule has 0 radical (unpaired) electrons. The fourth-order valence-corrected chi connectivity index (χ4v) is 2.99. The summed E-state index contributed by atoms with van der Waals surface area (Å²) in [5.41, 5.74) is 6.01. The quantitative estimate of drug-likeness (QED) is 0.608. The molecule has 0 nitrogen and oxygen atoms in total. The van der Waals surface area contributed by atoms with Crippen molar-refractivity contribution in [2.45, 2.75) is 12.8 Å². The minimum absolute atomic E-state index is 1.09. The van der Waals surface area contributed by atoms with Crippen LogP contribution in [-0.4, -0.2) is 0 Å². The lowest BCUT2D eigenvalue weighted by Crippen LogP contribution is -2.22. The Morgan fingerprint density at radius 2 is 1.88 bits per heavy atom. The molecular weight excluding hydrogens is 192 g/mol. The highest BCUT2D eigenvalue weighted by atomic mass is 14.3. The van der Waals surface area contributed by atoms with Crippen molar-refractivity contribution in [3.8, 4) is 0 Å². The fraction of sp³-hybridized carbons (Fsp3) is 0.125. The summed E-state index contributed by atoms with van der Waals surface area (Å²) >= 11 is 0. The van der Waals surface area contributed by atoms with Crippen LogP contribution in [0.4, 0.5) is 0 Å². The van der Waals surface area contributed by atoms with Crippen LogP contribution < -0.4 is 10.4 Å². The number of hydrogen-bond acceptors (Lipinski definition) is 0. The zero-order valence-electron chi connectivity index (χ0n) is 9.03. The first-order chi connectivity index (χ1) is 7.93. The topological polar surface area (TPSA) is 0 Å². The number of benzene rings is 1. The molecule has 0 atom stereocenters. The van der Waals surface area contributed by atoms with E-state index in [1.165, 1.54) is 32.7 Å². The summed E-state index contributed by atoms with van der Waals surface area (Å²) in [6, 6.07) is 8.79. The lowest BCUT2D eigenvalue weighted by Gasteiger charge is -2.20. The molecular formula is C16H12. The molecule has 1 aromatic rings. The molecule has 0 amide bonds. The first kappa shape index (κ1) is 8.35.